The Bertz CT molecular complexity index is 443. The zero-order valence-electron chi connectivity index (χ0n) is 11.2. The fourth-order valence-electron chi connectivity index (χ4n) is 2.35. The molecule has 0 aliphatic carbocycles. The minimum Gasteiger partial charge on any atom is -0.493 e. The maximum absolute atomic E-state index is 5.90. The molecule has 0 aromatic heterocycles. The summed E-state index contributed by atoms with van der Waals surface area (Å²) in [6.07, 6.45) is 0.0767. The van der Waals surface area contributed by atoms with E-state index < -0.39 is 0 Å². The van der Waals surface area contributed by atoms with Gasteiger partial charge >= 0.3 is 0 Å². The van der Waals surface area contributed by atoms with Crippen LogP contribution in [0.2, 0.25) is 0 Å². The van der Waals surface area contributed by atoms with Crippen molar-refractivity contribution in [3.8, 4) is 11.5 Å². The second kappa shape index (κ2) is 5.10. The van der Waals surface area contributed by atoms with Crippen LogP contribution in [0.4, 0.5) is 0 Å². The summed E-state index contributed by atoms with van der Waals surface area (Å²) in [4.78, 5) is 0. The van der Waals surface area contributed by atoms with Gasteiger partial charge in [0.25, 0.3) is 0 Å². The molecule has 1 aromatic carbocycles. The highest BCUT2D eigenvalue weighted by molar-refractivity contribution is 9.09. The van der Waals surface area contributed by atoms with Crippen molar-refractivity contribution in [2.75, 3.05) is 26.2 Å². The smallest absolute Gasteiger partial charge is 0.161 e. The first-order chi connectivity index (χ1) is 8.53. The lowest BCUT2D eigenvalue weighted by Gasteiger charge is -2.37. The molecule has 18 heavy (non-hydrogen) atoms. The van der Waals surface area contributed by atoms with Crippen molar-refractivity contribution in [3.63, 3.8) is 0 Å². The third-order valence-electron chi connectivity index (χ3n) is 3.42. The summed E-state index contributed by atoms with van der Waals surface area (Å²) in [5, 5.41) is 0.783. The molecule has 1 heterocycles. The molecular formula is C14H19BrO3. The molecule has 3 nitrogen and oxygen atoms in total. The van der Waals surface area contributed by atoms with E-state index in [1.54, 1.807) is 14.2 Å². The first-order valence-electron chi connectivity index (χ1n) is 5.97. The molecule has 0 bridgehead atoms. The maximum Gasteiger partial charge on any atom is 0.161 e. The van der Waals surface area contributed by atoms with E-state index in [4.69, 9.17) is 14.2 Å². The molecule has 0 spiro atoms. The van der Waals surface area contributed by atoms with Gasteiger partial charge in [0.05, 0.1) is 26.9 Å². The molecule has 0 saturated carbocycles. The number of methoxy groups -OCH3 is 2. The molecule has 0 fully saturated rings. The SMILES string of the molecule is COc1cc2c(cc1OC)C(C)(C)COC2CBr. The Hall–Kier alpha value is -0.740. The largest absolute Gasteiger partial charge is 0.493 e. The molecule has 0 N–H and O–H groups in total. The van der Waals surface area contributed by atoms with Gasteiger partial charge in [-0.25, -0.2) is 0 Å². The van der Waals surface area contributed by atoms with Crippen molar-refractivity contribution in [2.24, 2.45) is 0 Å². The van der Waals surface area contributed by atoms with Crippen LogP contribution in [0.15, 0.2) is 12.1 Å². The lowest BCUT2D eigenvalue weighted by molar-refractivity contribution is 0.0209. The Morgan fingerprint density at radius 1 is 1.28 bits per heavy atom. The van der Waals surface area contributed by atoms with Crippen LogP contribution in [0.25, 0.3) is 0 Å². The average Bonchev–Trinajstić information content (AvgIpc) is 2.37. The van der Waals surface area contributed by atoms with E-state index in [1.165, 1.54) is 11.1 Å². The first-order valence-corrected chi connectivity index (χ1v) is 7.09. The van der Waals surface area contributed by atoms with Crippen LogP contribution in [-0.4, -0.2) is 26.2 Å². The van der Waals surface area contributed by atoms with Gasteiger partial charge < -0.3 is 14.2 Å². The van der Waals surface area contributed by atoms with E-state index in [1.807, 2.05) is 6.07 Å². The van der Waals surface area contributed by atoms with Gasteiger partial charge in [0, 0.05) is 10.7 Å². The number of alkyl halides is 1. The topological polar surface area (TPSA) is 27.7 Å². The Morgan fingerprint density at radius 2 is 1.89 bits per heavy atom. The Labute approximate surface area is 117 Å². The lowest BCUT2D eigenvalue weighted by Crippen LogP contribution is -2.33. The molecule has 0 radical (unpaired) electrons. The molecule has 2 rings (SSSR count). The van der Waals surface area contributed by atoms with Crippen LogP contribution in [-0.2, 0) is 10.2 Å². The molecule has 4 heteroatoms. The van der Waals surface area contributed by atoms with Crippen molar-refractivity contribution in [2.45, 2.75) is 25.4 Å². The van der Waals surface area contributed by atoms with E-state index >= 15 is 0 Å². The van der Waals surface area contributed by atoms with Crippen LogP contribution >= 0.6 is 15.9 Å². The minimum atomic E-state index is -0.00639. The summed E-state index contributed by atoms with van der Waals surface area (Å²) in [6, 6.07) is 4.10. The molecule has 100 valence electrons. The highest BCUT2D eigenvalue weighted by Gasteiger charge is 2.34. The van der Waals surface area contributed by atoms with Crippen LogP contribution in [0.3, 0.4) is 0 Å². The van der Waals surface area contributed by atoms with Gasteiger partial charge in [-0.3, -0.25) is 0 Å². The zero-order valence-corrected chi connectivity index (χ0v) is 12.8. The van der Waals surface area contributed by atoms with Gasteiger partial charge in [0.1, 0.15) is 0 Å². The summed E-state index contributed by atoms with van der Waals surface area (Å²) >= 11 is 3.50. The zero-order chi connectivity index (χ0) is 13.3. The average molecular weight is 315 g/mol. The highest BCUT2D eigenvalue weighted by atomic mass is 79.9. The first kappa shape index (κ1) is 13.7. The number of benzene rings is 1. The molecule has 1 atom stereocenters. The van der Waals surface area contributed by atoms with Gasteiger partial charge in [0.15, 0.2) is 11.5 Å². The van der Waals surface area contributed by atoms with E-state index in [-0.39, 0.29) is 11.5 Å². The molecule has 1 aliphatic heterocycles. The van der Waals surface area contributed by atoms with E-state index in [0.29, 0.717) is 6.61 Å². The number of hydrogen-bond donors (Lipinski definition) is 0. The number of ether oxygens (including phenoxy) is 3. The van der Waals surface area contributed by atoms with Crippen LogP contribution in [0, 0.1) is 0 Å². The lowest BCUT2D eigenvalue weighted by atomic mass is 9.79. The Balaban J connectivity index is 2.59. The van der Waals surface area contributed by atoms with E-state index in [0.717, 1.165) is 16.8 Å². The van der Waals surface area contributed by atoms with Gasteiger partial charge in [0.2, 0.25) is 0 Å². The second-order valence-electron chi connectivity index (χ2n) is 5.13. The van der Waals surface area contributed by atoms with Crippen molar-refractivity contribution in [1.82, 2.24) is 0 Å². The molecule has 0 saturated heterocycles. The van der Waals surface area contributed by atoms with Gasteiger partial charge in [-0.05, 0) is 23.3 Å². The quantitative estimate of drug-likeness (QED) is 0.800. The number of rotatable bonds is 3. The van der Waals surface area contributed by atoms with Crippen molar-refractivity contribution in [3.05, 3.63) is 23.3 Å². The second-order valence-corrected chi connectivity index (χ2v) is 5.78. The normalized spacial score (nSPS) is 21.3. The maximum atomic E-state index is 5.90. The van der Waals surface area contributed by atoms with Gasteiger partial charge in [-0.2, -0.15) is 0 Å². The molecule has 0 amide bonds. The Kier molecular flexibility index (Phi) is 3.87. The third-order valence-corrected chi connectivity index (χ3v) is 4.01. The minimum absolute atomic E-state index is 0.00639. The predicted molar refractivity (Wildman–Crippen MR) is 75.1 cm³/mol. The van der Waals surface area contributed by atoms with E-state index in [9.17, 15) is 0 Å². The van der Waals surface area contributed by atoms with Gasteiger partial charge in [-0.15, -0.1) is 0 Å². The molecular weight excluding hydrogens is 296 g/mol. The summed E-state index contributed by atoms with van der Waals surface area (Å²) < 4.78 is 16.7. The predicted octanol–water partition coefficient (Wildman–Crippen LogP) is 3.45. The monoisotopic (exact) mass is 314 g/mol. The number of fused-ring (bicyclic) bond motifs is 1. The van der Waals surface area contributed by atoms with E-state index in [2.05, 4.69) is 35.8 Å². The standard InChI is InChI=1S/C14H19BrO3/c1-14(2)8-18-13(7-15)9-5-11(16-3)12(17-4)6-10(9)14/h5-6,13H,7-8H2,1-4H3. The highest BCUT2D eigenvalue weighted by Crippen LogP contribution is 2.43. The molecule has 1 unspecified atom stereocenters. The fraction of sp³-hybridized carbons (Fsp3) is 0.571. The number of hydrogen-bond acceptors (Lipinski definition) is 3. The van der Waals surface area contributed by atoms with Crippen molar-refractivity contribution < 1.29 is 14.2 Å². The summed E-state index contributed by atoms with van der Waals surface area (Å²) in [5.74, 6) is 1.53. The van der Waals surface area contributed by atoms with Crippen LogP contribution in [0.5, 0.6) is 11.5 Å². The Morgan fingerprint density at radius 3 is 2.44 bits per heavy atom. The van der Waals surface area contributed by atoms with Gasteiger partial charge in [-0.1, -0.05) is 29.8 Å². The molecule has 1 aliphatic rings. The van der Waals surface area contributed by atoms with Crippen molar-refractivity contribution >= 4 is 15.9 Å². The van der Waals surface area contributed by atoms with Crippen LogP contribution < -0.4 is 9.47 Å². The third kappa shape index (κ3) is 2.24. The van der Waals surface area contributed by atoms with Crippen LogP contribution in [0.1, 0.15) is 31.1 Å². The number of halogens is 1. The van der Waals surface area contributed by atoms with Crippen molar-refractivity contribution in [1.29, 1.82) is 0 Å². The summed E-state index contributed by atoms with van der Waals surface area (Å²) in [7, 11) is 3.32. The summed E-state index contributed by atoms with van der Waals surface area (Å²) in [6.45, 7) is 5.08. The molecule has 1 aromatic rings. The fourth-order valence-corrected chi connectivity index (χ4v) is 2.89. The summed E-state index contributed by atoms with van der Waals surface area (Å²) in [5.41, 5.74) is 2.45.